The highest BCUT2D eigenvalue weighted by atomic mass is 19.1. The largest absolute Gasteiger partial charge is 0.348 e. The van der Waals surface area contributed by atoms with E-state index >= 15 is 0 Å². The van der Waals surface area contributed by atoms with Gasteiger partial charge in [0.05, 0.1) is 10.4 Å². The lowest BCUT2D eigenvalue weighted by atomic mass is 10.1. The molecule has 0 atom stereocenters. The van der Waals surface area contributed by atoms with Crippen LogP contribution in [0.25, 0.3) is 10.9 Å². The maximum Gasteiger partial charge on any atom is 0.325 e. The van der Waals surface area contributed by atoms with Crippen LogP contribution in [0, 0.1) is 15.9 Å². The van der Waals surface area contributed by atoms with Crippen molar-refractivity contribution in [2.45, 2.75) is 6.54 Å². The van der Waals surface area contributed by atoms with Crippen LogP contribution in [-0.2, 0) is 6.54 Å². The van der Waals surface area contributed by atoms with Gasteiger partial charge in [-0.25, -0.2) is 9.37 Å². The topological polar surface area (TPSA) is 97.2 Å². The number of rotatable bonds is 6. The van der Waals surface area contributed by atoms with Gasteiger partial charge in [0.25, 0.3) is 5.91 Å². The van der Waals surface area contributed by atoms with Crippen molar-refractivity contribution in [1.82, 2.24) is 10.3 Å². The van der Waals surface area contributed by atoms with Crippen LogP contribution in [0.4, 0.5) is 21.6 Å². The van der Waals surface area contributed by atoms with Gasteiger partial charge in [0.1, 0.15) is 11.4 Å². The zero-order valence-corrected chi connectivity index (χ0v) is 16.2. The maximum atomic E-state index is 13.1. The Labute approximate surface area is 176 Å². The molecule has 0 aliphatic rings. The highest BCUT2D eigenvalue weighted by Gasteiger charge is 2.29. The van der Waals surface area contributed by atoms with Crippen molar-refractivity contribution in [1.29, 1.82) is 0 Å². The van der Waals surface area contributed by atoms with Crippen molar-refractivity contribution < 1.29 is 14.1 Å². The first-order chi connectivity index (χ1) is 15.0. The Hall–Kier alpha value is -4.33. The molecule has 3 aromatic carbocycles. The van der Waals surface area contributed by atoms with Crippen molar-refractivity contribution >= 4 is 34.0 Å². The average molecular weight is 416 g/mol. The molecule has 4 rings (SSSR count). The quantitative estimate of drug-likeness (QED) is 0.342. The van der Waals surface area contributed by atoms with Gasteiger partial charge in [-0.3, -0.25) is 14.9 Å². The molecule has 1 amide bonds. The molecule has 0 radical (unpaired) electrons. The molecule has 4 aromatic rings. The number of hydrogen-bond acceptors (Lipinski definition) is 5. The number of nitrogens with one attached hydrogen (secondary N) is 2. The number of para-hydroxylation sites is 2. The molecule has 0 aliphatic heterocycles. The number of anilines is 2. The first kappa shape index (κ1) is 20.0. The monoisotopic (exact) mass is 416 g/mol. The van der Waals surface area contributed by atoms with E-state index in [0.717, 1.165) is 0 Å². The van der Waals surface area contributed by atoms with Crippen LogP contribution in [0.15, 0.2) is 78.9 Å². The molecule has 0 bridgehead atoms. The SMILES string of the molecule is O=C(NCc1ccc(F)cc1)c1c([N+](=O)[O-])c(Nc2ccccc2)nc2ccccc12. The van der Waals surface area contributed by atoms with Gasteiger partial charge in [-0.05, 0) is 35.9 Å². The van der Waals surface area contributed by atoms with Gasteiger partial charge in [-0.2, -0.15) is 0 Å². The van der Waals surface area contributed by atoms with Crippen molar-refractivity contribution in [3.05, 3.63) is 106 Å². The molecule has 0 aliphatic carbocycles. The summed E-state index contributed by atoms with van der Waals surface area (Å²) in [5.74, 6) is -1.03. The number of amides is 1. The number of carbonyl (C=O) groups excluding carboxylic acids is 1. The molecule has 0 unspecified atom stereocenters. The van der Waals surface area contributed by atoms with E-state index in [0.29, 0.717) is 22.2 Å². The van der Waals surface area contributed by atoms with E-state index in [1.54, 1.807) is 48.5 Å². The second kappa shape index (κ2) is 8.58. The Morgan fingerprint density at radius 3 is 2.35 bits per heavy atom. The molecule has 154 valence electrons. The van der Waals surface area contributed by atoms with Gasteiger partial charge in [0.2, 0.25) is 5.82 Å². The summed E-state index contributed by atoms with van der Waals surface area (Å²) < 4.78 is 13.1. The fraction of sp³-hybridized carbons (Fsp3) is 0.0435. The van der Waals surface area contributed by atoms with Gasteiger partial charge in [-0.1, -0.05) is 48.5 Å². The fourth-order valence-electron chi connectivity index (χ4n) is 3.23. The molecule has 31 heavy (non-hydrogen) atoms. The third-order valence-electron chi connectivity index (χ3n) is 4.68. The zero-order valence-electron chi connectivity index (χ0n) is 16.2. The molecule has 2 N–H and O–H groups in total. The maximum absolute atomic E-state index is 13.1. The summed E-state index contributed by atoms with van der Waals surface area (Å²) in [5, 5.41) is 18.0. The number of benzene rings is 3. The number of hydrogen-bond donors (Lipinski definition) is 2. The van der Waals surface area contributed by atoms with Crippen molar-refractivity contribution in [2.24, 2.45) is 0 Å². The van der Waals surface area contributed by atoms with Crippen molar-refractivity contribution in [3.63, 3.8) is 0 Å². The van der Waals surface area contributed by atoms with E-state index in [-0.39, 0.29) is 23.7 Å². The van der Waals surface area contributed by atoms with Gasteiger partial charge in [0, 0.05) is 17.6 Å². The average Bonchev–Trinajstić information content (AvgIpc) is 2.78. The summed E-state index contributed by atoms with van der Waals surface area (Å²) >= 11 is 0. The molecule has 0 saturated heterocycles. The van der Waals surface area contributed by atoms with Crippen molar-refractivity contribution in [3.8, 4) is 0 Å². The van der Waals surface area contributed by atoms with Crippen LogP contribution in [0.3, 0.4) is 0 Å². The van der Waals surface area contributed by atoms with Crippen LogP contribution in [-0.4, -0.2) is 15.8 Å². The second-order valence-electron chi connectivity index (χ2n) is 6.76. The molecular weight excluding hydrogens is 399 g/mol. The van der Waals surface area contributed by atoms with E-state index in [1.807, 2.05) is 6.07 Å². The van der Waals surface area contributed by atoms with Gasteiger partial charge in [-0.15, -0.1) is 0 Å². The first-order valence-electron chi connectivity index (χ1n) is 9.45. The predicted molar refractivity (Wildman–Crippen MR) is 116 cm³/mol. The molecule has 7 nitrogen and oxygen atoms in total. The Morgan fingerprint density at radius 1 is 0.968 bits per heavy atom. The minimum Gasteiger partial charge on any atom is -0.348 e. The highest BCUT2D eigenvalue weighted by Crippen LogP contribution is 2.34. The summed E-state index contributed by atoms with van der Waals surface area (Å²) in [6.45, 7) is 0.0916. The normalized spacial score (nSPS) is 10.6. The van der Waals surface area contributed by atoms with Gasteiger partial charge < -0.3 is 10.6 Å². The van der Waals surface area contributed by atoms with Crippen LogP contribution in [0.1, 0.15) is 15.9 Å². The number of nitro groups is 1. The third-order valence-corrected chi connectivity index (χ3v) is 4.68. The lowest BCUT2D eigenvalue weighted by Crippen LogP contribution is -2.24. The van der Waals surface area contributed by atoms with E-state index in [4.69, 9.17) is 0 Å². The molecular formula is C23H17FN4O3. The van der Waals surface area contributed by atoms with Crippen LogP contribution in [0.5, 0.6) is 0 Å². The fourth-order valence-corrected chi connectivity index (χ4v) is 3.23. The van der Waals surface area contributed by atoms with E-state index < -0.39 is 16.5 Å². The zero-order chi connectivity index (χ0) is 21.8. The molecule has 1 heterocycles. The Balaban J connectivity index is 1.78. The van der Waals surface area contributed by atoms with Crippen LogP contribution in [0.2, 0.25) is 0 Å². The molecule has 8 heteroatoms. The summed E-state index contributed by atoms with van der Waals surface area (Å²) in [7, 11) is 0. The lowest BCUT2D eigenvalue weighted by molar-refractivity contribution is -0.384. The smallest absolute Gasteiger partial charge is 0.325 e. The summed E-state index contributed by atoms with van der Waals surface area (Å²) in [4.78, 5) is 28.9. The minimum absolute atomic E-state index is 0.0261. The highest BCUT2D eigenvalue weighted by molar-refractivity contribution is 6.11. The number of halogens is 1. The summed E-state index contributed by atoms with van der Waals surface area (Å²) in [6, 6.07) is 21.3. The number of nitrogens with zero attached hydrogens (tertiary/aromatic N) is 2. The molecule has 0 saturated carbocycles. The van der Waals surface area contributed by atoms with Crippen LogP contribution < -0.4 is 10.6 Å². The van der Waals surface area contributed by atoms with Crippen molar-refractivity contribution in [2.75, 3.05) is 5.32 Å². The van der Waals surface area contributed by atoms with Gasteiger partial charge >= 0.3 is 5.69 Å². The number of fused-ring (bicyclic) bond motifs is 1. The molecule has 0 fully saturated rings. The molecule has 0 spiro atoms. The number of pyridine rings is 1. The predicted octanol–water partition coefficient (Wildman–Crippen LogP) is 4.96. The third kappa shape index (κ3) is 4.32. The second-order valence-corrected chi connectivity index (χ2v) is 6.76. The van der Waals surface area contributed by atoms with E-state index in [2.05, 4.69) is 15.6 Å². The minimum atomic E-state index is -0.620. The Morgan fingerprint density at radius 2 is 1.65 bits per heavy atom. The standard InChI is InChI=1S/C23H17FN4O3/c24-16-12-10-15(11-13-16)14-25-23(29)20-18-8-4-5-9-19(18)27-22(21(20)28(30)31)26-17-6-2-1-3-7-17/h1-13H,14H2,(H,25,29)(H,26,27). The number of carbonyl (C=O) groups is 1. The van der Waals surface area contributed by atoms with E-state index in [9.17, 15) is 19.3 Å². The Bertz CT molecular complexity index is 1260. The molecule has 1 aromatic heterocycles. The van der Waals surface area contributed by atoms with Gasteiger partial charge in [0.15, 0.2) is 0 Å². The summed E-state index contributed by atoms with van der Waals surface area (Å²) in [6.07, 6.45) is 0. The number of aromatic nitrogens is 1. The van der Waals surface area contributed by atoms with E-state index in [1.165, 1.54) is 24.3 Å². The van der Waals surface area contributed by atoms with Crippen LogP contribution >= 0.6 is 0 Å². The lowest BCUT2D eigenvalue weighted by Gasteiger charge is -2.13. The first-order valence-corrected chi connectivity index (χ1v) is 9.45. The Kier molecular flexibility index (Phi) is 5.53. The summed E-state index contributed by atoms with van der Waals surface area (Å²) in [5.41, 5.74) is 1.21.